The fourth-order valence-electron chi connectivity index (χ4n) is 1.77. The fraction of sp³-hybridized carbons (Fsp3) is 0.750. The Morgan fingerprint density at radius 1 is 1.24 bits per heavy atom. The van der Waals surface area contributed by atoms with E-state index < -0.39 is 0 Å². The highest BCUT2D eigenvalue weighted by Gasteiger charge is 1.98. The van der Waals surface area contributed by atoms with Gasteiger partial charge in [0, 0.05) is 19.7 Å². The highest BCUT2D eigenvalue weighted by molar-refractivity contribution is 5.75. The molecule has 1 aromatic rings. The number of amides is 1. The van der Waals surface area contributed by atoms with Crippen LogP contribution in [-0.2, 0) is 11.2 Å². The van der Waals surface area contributed by atoms with E-state index in [4.69, 9.17) is 0 Å². The monoisotopic (exact) mass is 238 g/mol. The van der Waals surface area contributed by atoms with Crippen LogP contribution in [0.4, 0.5) is 0 Å². The molecular weight excluding hydrogens is 216 g/mol. The van der Waals surface area contributed by atoms with Crippen LogP contribution < -0.4 is 5.32 Å². The zero-order valence-electron chi connectivity index (χ0n) is 10.5. The lowest BCUT2D eigenvalue weighted by atomic mass is 10.1. The summed E-state index contributed by atoms with van der Waals surface area (Å²) in [6, 6.07) is 0. The third kappa shape index (κ3) is 6.71. The fourth-order valence-corrected chi connectivity index (χ4v) is 1.77. The smallest absolute Gasteiger partial charge is 0.219 e. The van der Waals surface area contributed by atoms with Crippen molar-refractivity contribution in [2.45, 2.75) is 51.4 Å². The number of unbranched alkanes of at least 4 members (excludes halogenated alkanes) is 5. The van der Waals surface area contributed by atoms with Gasteiger partial charge in [-0.05, 0) is 19.3 Å². The van der Waals surface area contributed by atoms with Crippen molar-refractivity contribution in [2.24, 2.45) is 0 Å². The Morgan fingerprint density at radius 3 is 2.59 bits per heavy atom. The summed E-state index contributed by atoms with van der Waals surface area (Å²) in [5.41, 5.74) is 1.05. The summed E-state index contributed by atoms with van der Waals surface area (Å²) >= 11 is 0. The molecule has 0 radical (unpaired) electrons. The number of H-pyrrole nitrogens is 1. The Hall–Kier alpha value is -1.39. The van der Waals surface area contributed by atoms with E-state index in [2.05, 4.69) is 20.7 Å². The molecule has 1 aromatic heterocycles. The lowest BCUT2D eigenvalue weighted by Gasteiger charge is -2.01. The molecule has 96 valence electrons. The minimum absolute atomic E-state index is 0.149. The second-order valence-electron chi connectivity index (χ2n) is 4.26. The number of hydrogen-bond donors (Lipinski definition) is 2. The van der Waals surface area contributed by atoms with Crippen molar-refractivity contribution < 1.29 is 4.79 Å². The van der Waals surface area contributed by atoms with Crippen molar-refractivity contribution in [3.05, 3.63) is 11.9 Å². The second-order valence-corrected chi connectivity index (χ2v) is 4.26. The molecule has 0 atom stereocenters. The van der Waals surface area contributed by atoms with E-state index in [1.54, 1.807) is 7.05 Å². The molecule has 5 heteroatoms. The maximum absolute atomic E-state index is 11.0. The molecule has 0 fully saturated rings. The Morgan fingerprint density at radius 2 is 1.94 bits per heavy atom. The molecule has 0 spiro atoms. The normalized spacial score (nSPS) is 10.4. The summed E-state index contributed by atoms with van der Waals surface area (Å²) in [4.78, 5) is 11.0. The molecule has 1 rings (SSSR count). The molecule has 0 aliphatic rings. The first-order valence-corrected chi connectivity index (χ1v) is 6.39. The Kier molecular flexibility index (Phi) is 7.02. The summed E-state index contributed by atoms with van der Waals surface area (Å²) in [5.74, 6) is 0.149. The molecule has 0 saturated heterocycles. The van der Waals surface area contributed by atoms with Crippen LogP contribution >= 0.6 is 0 Å². The first-order chi connectivity index (χ1) is 8.33. The van der Waals surface area contributed by atoms with E-state index in [0.717, 1.165) is 25.0 Å². The predicted octanol–water partition coefficient (Wildman–Crippen LogP) is 1.82. The summed E-state index contributed by atoms with van der Waals surface area (Å²) in [6.07, 6.45) is 10.5. The number of rotatable bonds is 9. The average Bonchev–Trinajstić information content (AvgIpc) is 2.85. The van der Waals surface area contributed by atoms with Crippen LogP contribution in [0, 0.1) is 0 Å². The molecule has 0 unspecified atom stereocenters. The van der Waals surface area contributed by atoms with Gasteiger partial charge in [0.2, 0.25) is 5.91 Å². The van der Waals surface area contributed by atoms with Gasteiger partial charge in [-0.2, -0.15) is 0 Å². The van der Waals surface area contributed by atoms with Crippen LogP contribution in [0.1, 0.15) is 50.6 Å². The molecule has 2 N–H and O–H groups in total. The molecule has 0 saturated carbocycles. The van der Waals surface area contributed by atoms with Gasteiger partial charge < -0.3 is 5.32 Å². The molecule has 0 aromatic carbocycles. The zero-order valence-corrected chi connectivity index (χ0v) is 10.5. The van der Waals surface area contributed by atoms with Crippen molar-refractivity contribution in [3.8, 4) is 0 Å². The molecule has 1 amide bonds. The SMILES string of the molecule is CNC(=O)CCCCCCCCc1c[nH]nn1. The first kappa shape index (κ1) is 13.7. The summed E-state index contributed by atoms with van der Waals surface area (Å²) in [6.45, 7) is 0. The van der Waals surface area contributed by atoms with Gasteiger partial charge >= 0.3 is 0 Å². The van der Waals surface area contributed by atoms with Gasteiger partial charge in [-0.15, -0.1) is 5.10 Å². The minimum atomic E-state index is 0.149. The third-order valence-electron chi connectivity index (χ3n) is 2.83. The lowest BCUT2D eigenvalue weighted by Crippen LogP contribution is -2.16. The van der Waals surface area contributed by atoms with E-state index in [-0.39, 0.29) is 5.91 Å². The number of aromatic nitrogens is 3. The van der Waals surface area contributed by atoms with Crippen LogP contribution in [0.15, 0.2) is 6.20 Å². The van der Waals surface area contributed by atoms with E-state index in [9.17, 15) is 4.79 Å². The number of nitrogens with zero attached hydrogens (tertiary/aromatic N) is 2. The Bertz CT molecular complexity index is 297. The second kappa shape index (κ2) is 8.73. The van der Waals surface area contributed by atoms with Crippen LogP contribution in [0.5, 0.6) is 0 Å². The van der Waals surface area contributed by atoms with Crippen molar-refractivity contribution in [2.75, 3.05) is 7.05 Å². The quantitative estimate of drug-likeness (QED) is 0.645. The number of aryl methyl sites for hydroxylation is 1. The van der Waals surface area contributed by atoms with E-state index >= 15 is 0 Å². The number of nitrogens with one attached hydrogen (secondary N) is 2. The van der Waals surface area contributed by atoms with Crippen LogP contribution in [0.3, 0.4) is 0 Å². The van der Waals surface area contributed by atoms with E-state index in [0.29, 0.717) is 6.42 Å². The van der Waals surface area contributed by atoms with Crippen LogP contribution in [-0.4, -0.2) is 28.4 Å². The van der Waals surface area contributed by atoms with Crippen molar-refractivity contribution in [1.82, 2.24) is 20.7 Å². The number of carbonyl (C=O) groups excluding carboxylic acids is 1. The highest BCUT2D eigenvalue weighted by atomic mass is 16.1. The molecule has 0 bridgehead atoms. The third-order valence-corrected chi connectivity index (χ3v) is 2.83. The van der Waals surface area contributed by atoms with Crippen molar-refractivity contribution in [1.29, 1.82) is 0 Å². The highest BCUT2D eigenvalue weighted by Crippen LogP contribution is 2.09. The lowest BCUT2D eigenvalue weighted by molar-refractivity contribution is -0.120. The van der Waals surface area contributed by atoms with E-state index in [1.807, 2.05) is 6.20 Å². The van der Waals surface area contributed by atoms with Gasteiger partial charge in [0.1, 0.15) is 0 Å². The first-order valence-electron chi connectivity index (χ1n) is 6.39. The summed E-state index contributed by atoms with van der Waals surface area (Å²) in [5, 5.41) is 13.0. The average molecular weight is 238 g/mol. The maximum Gasteiger partial charge on any atom is 0.219 e. The number of aromatic amines is 1. The zero-order chi connectivity index (χ0) is 12.3. The Balaban J connectivity index is 1.83. The summed E-state index contributed by atoms with van der Waals surface area (Å²) < 4.78 is 0. The molecular formula is C12H22N4O. The largest absolute Gasteiger partial charge is 0.359 e. The molecule has 5 nitrogen and oxygen atoms in total. The van der Waals surface area contributed by atoms with Gasteiger partial charge in [-0.3, -0.25) is 9.89 Å². The molecule has 17 heavy (non-hydrogen) atoms. The van der Waals surface area contributed by atoms with Gasteiger partial charge in [0.05, 0.1) is 5.69 Å². The van der Waals surface area contributed by atoms with Gasteiger partial charge in [-0.1, -0.05) is 30.9 Å². The van der Waals surface area contributed by atoms with Crippen molar-refractivity contribution in [3.63, 3.8) is 0 Å². The van der Waals surface area contributed by atoms with Crippen molar-refractivity contribution >= 4 is 5.91 Å². The molecule has 0 aliphatic heterocycles. The van der Waals surface area contributed by atoms with Crippen LogP contribution in [0.2, 0.25) is 0 Å². The van der Waals surface area contributed by atoms with Gasteiger partial charge in [0.15, 0.2) is 0 Å². The van der Waals surface area contributed by atoms with Gasteiger partial charge in [-0.25, -0.2) is 0 Å². The topological polar surface area (TPSA) is 70.7 Å². The predicted molar refractivity (Wildman–Crippen MR) is 66.5 cm³/mol. The molecule has 0 aliphatic carbocycles. The minimum Gasteiger partial charge on any atom is -0.359 e. The number of hydrogen-bond acceptors (Lipinski definition) is 3. The van der Waals surface area contributed by atoms with E-state index in [1.165, 1.54) is 25.7 Å². The van der Waals surface area contributed by atoms with Crippen LogP contribution in [0.25, 0.3) is 0 Å². The Labute approximate surface area is 102 Å². The maximum atomic E-state index is 11.0. The summed E-state index contributed by atoms with van der Waals surface area (Å²) in [7, 11) is 1.69. The van der Waals surface area contributed by atoms with Gasteiger partial charge in [0.25, 0.3) is 0 Å². The number of carbonyl (C=O) groups is 1. The molecule has 1 heterocycles. The standard InChI is InChI=1S/C12H22N4O/c1-13-12(17)9-7-5-3-2-4-6-8-11-10-14-16-15-11/h10H,2-9H2,1H3,(H,13,17)(H,14,15,16).